The molecular formula is C23H19FN2O2S. The molecule has 0 saturated carbocycles. The largest absolute Gasteiger partial charge is 0.491 e. The first-order valence-electron chi connectivity index (χ1n) is 9.20. The van der Waals surface area contributed by atoms with Crippen molar-refractivity contribution in [3.05, 3.63) is 77.9 Å². The van der Waals surface area contributed by atoms with E-state index in [0.29, 0.717) is 17.0 Å². The van der Waals surface area contributed by atoms with Crippen LogP contribution in [0, 0.1) is 6.92 Å². The lowest BCUT2D eigenvalue weighted by atomic mass is 10.2. The zero-order chi connectivity index (χ0) is 20.2. The normalized spacial score (nSPS) is 10.8. The van der Waals surface area contributed by atoms with Crippen molar-refractivity contribution in [3.63, 3.8) is 0 Å². The first kappa shape index (κ1) is 19.1. The number of hydrogen-bond acceptors (Lipinski definition) is 4. The number of halogens is 1. The highest BCUT2D eigenvalue weighted by atomic mass is 32.1. The van der Waals surface area contributed by atoms with Gasteiger partial charge in [-0.3, -0.25) is 4.79 Å². The van der Waals surface area contributed by atoms with Gasteiger partial charge in [0.1, 0.15) is 24.0 Å². The monoisotopic (exact) mass is 406 g/mol. The summed E-state index contributed by atoms with van der Waals surface area (Å²) in [6, 6.07) is 20.5. The lowest BCUT2D eigenvalue weighted by molar-refractivity contribution is 0.102. The second-order valence-corrected chi connectivity index (χ2v) is 7.61. The van der Waals surface area contributed by atoms with Gasteiger partial charge in [0.05, 0.1) is 10.2 Å². The zero-order valence-corrected chi connectivity index (χ0v) is 16.6. The quantitative estimate of drug-likeness (QED) is 0.435. The van der Waals surface area contributed by atoms with Crippen LogP contribution >= 0.6 is 11.3 Å². The Balaban J connectivity index is 1.45. The second-order valence-electron chi connectivity index (χ2n) is 6.58. The summed E-state index contributed by atoms with van der Waals surface area (Å²) in [5.74, 6) is 0.319. The number of hydrogen-bond donors (Lipinski definition) is 1. The summed E-state index contributed by atoms with van der Waals surface area (Å²) in [7, 11) is 0. The number of anilines is 1. The molecule has 0 fully saturated rings. The van der Waals surface area contributed by atoms with Gasteiger partial charge in [-0.25, -0.2) is 9.37 Å². The van der Waals surface area contributed by atoms with Crippen LogP contribution in [-0.4, -0.2) is 24.2 Å². The highest BCUT2D eigenvalue weighted by Crippen LogP contribution is 2.31. The molecule has 0 atom stereocenters. The molecule has 0 spiro atoms. The maximum Gasteiger partial charge on any atom is 0.255 e. The lowest BCUT2D eigenvalue weighted by Gasteiger charge is -2.07. The minimum Gasteiger partial charge on any atom is -0.491 e. The number of benzene rings is 3. The van der Waals surface area contributed by atoms with Crippen LogP contribution in [-0.2, 0) is 0 Å². The van der Waals surface area contributed by atoms with E-state index in [1.165, 1.54) is 5.56 Å². The molecule has 29 heavy (non-hydrogen) atoms. The standard InChI is InChI=1S/C23H19FN2O2S/c1-15-2-11-20-21(14-15)29-23(26-20)17-3-7-18(8-4-17)25-22(27)16-5-9-19(10-6-16)28-13-12-24/h2-11,14H,12-13H2,1H3,(H,25,27). The van der Waals surface area contributed by atoms with E-state index in [0.717, 1.165) is 20.8 Å². The number of alkyl halides is 1. The summed E-state index contributed by atoms with van der Waals surface area (Å²) in [6.45, 7) is 1.53. The molecule has 4 nitrogen and oxygen atoms in total. The number of carbonyl (C=O) groups excluding carboxylic acids is 1. The number of amides is 1. The Morgan fingerprint density at radius 1 is 1.07 bits per heavy atom. The summed E-state index contributed by atoms with van der Waals surface area (Å²) >= 11 is 1.65. The van der Waals surface area contributed by atoms with Crippen molar-refractivity contribution in [2.24, 2.45) is 0 Å². The fraction of sp³-hybridized carbons (Fsp3) is 0.130. The van der Waals surface area contributed by atoms with Crippen molar-refractivity contribution in [1.29, 1.82) is 0 Å². The number of nitrogens with one attached hydrogen (secondary N) is 1. The molecule has 1 heterocycles. The van der Waals surface area contributed by atoms with Gasteiger partial charge < -0.3 is 10.1 Å². The van der Waals surface area contributed by atoms with Crippen LogP contribution < -0.4 is 10.1 Å². The molecular weight excluding hydrogens is 387 g/mol. The minimum absolute atomic E-state index is 0.00611. The average Bonchev–Trinajstić information content (AvgIpc) is 3.16. The van der Waals surface area contributed by atoms with Crippen molar-refractivity contribution in [1.82, 2.24) is 4.98 Å². The van der Waals surface area contributed by atoms with E-state index in [2.05, 4.69) is 29.4 Å². The van der Waals surface area contributed by atoms with E-state index in [1.807, 2.05) is 30.3 Å². The van der Waals surface area contributed by atoms with Gasteiger partial charge in [0.15, 0.2) is 0 Å². The highest BCUT2D eigenvalue weighted by Gasteiger charge is 2.09. The summed E-state index contributed by atoms with van der Waals surface area (Å²) in [4.78, 5) is 17.1. The number of rotatable bonds is 6. The van der Waals surface area contributed by atoms with Gasteiger partial charge in [-0.15, -0.1) is 11.3 Å². The molecule has 0 unspecified atom stereocenters. The van der Waals surface area contributed by atoms with Crippen LogP contribution in [0.25, 0.3) is 20.8 Å². The maximum atomic E-state index is 12.4. The summed E-state index contributed by atoms with van der Waals surface area (Å²) in [5.41, 5.74) is 4.42. The van der Waals surface area contributed by atoms with E-state index in [1.54, 1.807) is 35.6 Å². The van der Waals surface area contributed by atoms with Crippen molar-refractivity contribution in [2.45, 2.75) is 6.92 Å². The van der Waals surface area contributed by atoms with Gasteiger partial charge in [0.2, 0.25) is 0 Å². The molecule has 0 aliphatic carbocycles. The Kier molecular flexibility index (Phi) is 5.53. The van der Waals surface area contributed by atoms with E-state index in [9.17, 15) is 9.18 Å². The molecule has 0 saturated heterocycles. The summed E-state index contributed by atoms with van der Waals surface area (Å²) in [6.07, 6.45) is 0. The number of aryl methyl sites for hydroxylation is 1. The SMILES string of the molecule is Cc1ccc2nc(-c3ccc(NC(=O)c4ccc(OCCF)cc4)cc3)sc2c1. The molecule has 3 aromatic carbocycles. The molecule has 4 rings (SSSR count). The number of fused-ring (bicyclic) bond motifs is 1. The van der Waals surface area contributed by atoms with Gasteiger partial charge in [-0.1, -0.05) is 6.07 Å². The zero-order valence-electron chi connectivity index (χ0n) is 15.8. The van der Waals surface area contributed by atoms with E-state index < -0.39 is 6.67 Å². The van der Waals surface area contributed by atoms with Crippen LogP contribution in [0.15, 0.2) is 66.7 Å². The number of ether oxygens (including phenoxy) is 1. The molecule has 1 N–H and O–H groups in total. The van der Waals surface area contributed by atoms with Gasteiger partial charge in [-0.05, 0) is 73.2 Å². The van der Waals surface area contributed by atoms with Crippen LogP contribution in [0.5, 0.6) is 5.75 Å². The number of thiazole rings is 1. The molecule has 0 bridgehead atoms. The van der Waals surface area contributed by atoms with Crippen LogP contribution in [0.2, 0.25) is 0 Å². The molecule has 4 aromatic rings. The summed E-state index contributed by atoms with van der Waals surface area (Å²) in [5, 5.41) is 3.83. The van der Waals surface area contributed by atoms with Gasteiger partial charge in [0.25, 0.3) is 5.91 Å². The molecule has 6 heteroatoms. The van der Waals surface area contributed by atoms with Gasteiger partial charge >= 0.3 is 0 Å². The third-order valence-electron chi connectivity index (χ3n) is 4.40. The third-order valence-corrected chi connectivity index (χ3v) is 5.46. The highest BCUT2D eigenvalue weighted by molar-refractivity contribution is 7.21. The first-order chi connectivity index (χ1) is 14.1. The topological polar surface area (TPSA) is 51.2 Å². The molecule has 0 aliphatic rings. The second kappa shape index (κ2) is 8.41. The first-order valence-corrected chi connectivity index (χ1v) is 10.0. The van der Waals surface area contributed by atoms with Crippen LogP contribution in [0.3, 0.4) is 0 Å². The third kappa shape index (κ3) is 4.43. The van der Waals surface area contributed by atoms with Crippen LogP contribution in [0.1, 0.15) is 15.9 Å². The molecule has 1 aromatic heterocycles. The maximum absolute atomic E-state index is 12.4. The fourth-order valence-electron chi connectivity index (χ4n) is 2.91. The number of carbonyl (C=O) groups is 1. The average molecular weight is 406 g/mol. The smallest absolute Gasteiger partial charge is 0.255 e. The molecule has 1 amide bonds. The van der Waals surface area contributed by atoms with E-state index in [-0.39, 0.29) is 12.5 Å². The molecule has 0 aliphatic heterocycles. The minimum atomic E-state index is -0.547. The predicted octanol–water partition coefficient (Wildman–Crippen LogP) is 5.87. The Morgan fingerprint density at radius 3 is 2.55 bits per heavy atom. The van der Waals surface area contributed by atoms with E-state index >= 15 is 0 Å². The predicted molar refractivity (Wildman–Crippen MR) is 116 cm³/mol. The number of aromatic nitrogens is 1. The lowest BCUT2D eigenvalue weighted by Crippen LogP contribution is -2.11. The molecule has 146 valence electrons. The van der Waals surface area contributed by atoms with Gasteiger partial charge in [0, 0.05) is 16.8 Å². The van der Waals surface area contributed by atoms with Crippen molar-refractivity contribution < 1.29 is 13.9 Å². The fourth-order valence-corrected chi connectivity index (χ4v) is 3.98. The molecule has 0 radical (unpaired) electrons. The summed E-state index contributed by atoms with van der Waals surface area (Å²) < 4.78 is 18.5. The van der Waals surface area contributed by atoms with Crippen molar-refractivity contribution >= 4 is 33.1 Å². The van der Waals surface area contributed by atoms with E-state index in [4.69, 9.17) is 4.74 Å². The Hall–Kier alpha value is -3.25. The van der Waals surface area contributed by atoms with Crippen LogP contribution in [0.4, 0.5) is 10.1 Å². The Morgan fingerprint density at radius 2 is 1.83 bits per heavy atom. The number of nitrogens with zero attached hydrogens (tertiary/aromatic N) is 1. The Labute approximate surface area is 172 Å². The van der Waals surface area contributed by atoms with Crippen molar-refractivity contribution in [2.75, 3.05) is 18.6 Å². The Bertz CT molecular complexity index is 1140. The van der Waals surface area contributed by atoms with Crippen molar-refractivity contribution in [3.8, 4) is 16.3 Å². The van der Waals surface area contributed by atoms with Gasteiger partial charge in [-0.2, -0.15) is 0 Å².